The number of alkyl halides is 4. The van der Waals surface area contributed by atoms with E-state index in [1.807, 2.05) is 6.92 Å². The third-order valence-electron chi connectivity index (χ3n) is 3.08. The summed E-state index contributed by atoms with van der Waals surface area (Å²) >= 11 is 7.03. The molecular weight excluding hydrogens is 311 g/mol. The van der Waals surface area contributed by atoms with Gasteiger partial charge in [-0.25, -0.2) is 0 Å². The molecule has 0 aliphatic carbocycles. The van der Waals surface area contributed by atoms with Crippen LogP contribution >= 0.6 is 23.4 Å². The predicted molar refractivity (Wildman–Crippen MR) is 74.5 cm³/mol. The summed E-state index contributed by atoms with van der Waals surface area (Å²) in [4.78, 5) is 13.9. The highest BCUT2D eigenvalue weighted by molar-refractivity contribution is 8.00. The van der Waals surface area contributed by atoms with Gasteiger partial charge in [-0.3, -0.25) is 4.79 Å². The number of halogens is 4. The van der Waals surface area contributed by atoms with Gasteiger partial charge in [0.15, 0.2) is 0 Å². The smallest absolute Gasteiger partial charge is 0.310 e. The van der Waals surface area contributed by atoms with Gasteiger partial charge in [-0.15, -0.1) is 23.4 Å². The largest absolute Gasteiger partial charge is 0.416 e. The number of thioether (sulfide) groups is 1. The number of anilines is 1. The topological polar surface area (TPSA) is 20.3 Å². The van der Waals surface area contributed by atoms with Crippen molar-refractivity contribution in [2.45, 2.75) is 29.7 Å². The van der Waals surface area contributed by atoms with E-state index in [2.05, 4.69) is 0 Å². The molecule has 2 rings (SSSR count). The van der Waals surface area contributed by atoms with Gasteiger partial charge in [0, 0.05) is 16.7 Å². The number of hydrogen-bond acceptors (Lipinski definition) is 2. The number of fused-ring (bicyclic) bond motifs is 1. The van der Waals surface area contributed by atoms with Gasteiger partial charge in [-0.05, 0) is 24.6 Å². The van der Waals surface area contributed by atoms with Crippen molar-refractivity contribution in [3.63, 3.8) is 0 Å². The van der Waals surface area contributed by atoms with Gasteiger partial charge in [0.2, 0.25) is 5.91 Å². The molecule has 0 fully saturated rings. The number of carbonyl (C=O) groups excluding carboxylic acids is 1. The van der Waals surface area contributed by atoms with E-state index in [1.165, 1.54) is 22.7 Å². The van der Waals surface area contributed by atoms with Gasteiger partial charge in [-0.1, -0.05) is 6.92 Å². The normalized spacial score (nSPS) is 19.4. The quantitative estimate of drug-likeness (QED) is 0.723. The Bertz CT molecular complexity index is 521. The number of carbonyl (C=O) groups is 1. The third kappa shape index (κ3) is 3.23. The molecule has 20 heavy (non-hydrogen) atoms. The molecule has 0 spiro atoms. The van der Waals surface area contributed by atoms with Crippen molar-refractivity contribution < 1.29 is 18.0 Å². The molecule has 1 aliphatic heterocycles. The second-order valence-corrected chi connectivity index (χ2v) is 6.32. The molecule has 1 aliphatic rings. The molecule has 1 atom stereocenters. The Hall–Kier alpha value is -0.880. The highest BCUT2D eigenvalue weighted by Crippen LogP contribution is 2.41. The minimum atomic E-state index is -4.42. The summed E-state index contributed by atoms with van der Waals surface area (Å²) in [7, 11) is 0. The molecule has 0 aromatic heterocycles. The van der Waals surface area contributed by atoms with E-state index in [4.69, 9.17) is 11.6 Å². The number of amides is 1. The maximum Gasteiger partial charge on any atom is 0.416 e. The van der Waals surface area contributed by atoms with Gasteiger partial charge in [0.05, 0.1) is 11.3 Å². The van der Waals surface area contributed by atoms with Gasteiger partial charge in [-0.2, -0.15) is 13.2 Å². The van der Waals surface area contributed by atoms with Gasteiger partial charge >= 0.3 is 6.18 Å². The third-order valence-corrected chi connectivity index (χ3v) is 4.55. The van der Waals surface area contributed by atoms with Crippen molar-refractivity contribution in [3.8, 4) is 0 Å². The molecule has 110 valence electrons. The van der Waals surface area contributed by atoms with Crippen LogP contribution in [0.25, 0.3) is 0 Å². The summed E-state index contributed by atoms with van der Waals surface area (Å²) in [6.45, 7) is 2.37. The Balaban J connectivity index is 2.50. The Morgan fingerprint density at radius 2 is 2.20 bits per heavy atom. The van der Waals surface area contributed by atoms with Crippen LogP contribution in [-0.4, -0.2) is 23.6 Å². The Kier molecular flexibility index (Phi) is 4.54. The lowest BCUT2D eigenvalue weighted by Crippen LogP contribution is -2.33. The van der Waals surface area contributed by atoms with Crippen LogP contribution in [0.1, 0.15) is 18.9 Å². The van der Waals surface area contributed by atoms with Crippen molar-refractivity contribution in [3.05, 3.63) is 23.8 Å². The van der Waals surface area contributed by atoms with E-state index >= 15 is 0 Å². The molecule has 1 aromatic carbocycles. The first-order valence-corrected chi connectivity index (χ1v) is 7.48. The van der Waals surface area contributed by atoms with Gasteiger partial charge in [0.25, 0.3) is 0 Å². The van der Waals surface area contributed by atoms with Crippen molar-refractivity contribution in [1.82, 2.24) is 0 Å². The number of nitrogens with zero attached hydrogens (tertiary/aromatic N) is 1. The fourth-order valence-electron chi connectivity index (χ4n) is 2.04. The van der Waals surface area contributed by atoms with E-state index in [1.54, 1.807) is 0 Å². The molecule has 7 heteroatoms. The first-order valence-electron chi connectivity index (χ1n) is 6.07. The SMILES string of the molecule is CC1CCN(C(=O)CCl)c2cc(C(F)(F)F)ccc2S1. The summed E-state index contributed by atoms with van der Waals surface area (Å²) in [6, 6.07) is 3.51. The van der Waals surface area contributed by atoms with Crippen molar-refractivity contribution in [2.24, 2.45) is 0 Å². The first kappa shape index (κ1) is 15.5. The lowest BCUT2D eigenvalue weighted by atomic mass is 10.1. The highest BCUT2D eigenvalue weighted by Gasteiger charge is 2.33. The zero-order chi connectivity index (χ0) is 14.9. The van der Waals surface area contributed by atoms with Crippen molar-refractivity contribution >= 4 is 35.0 Å². The molecular formula is C13H13ClF3NOS. The molecule has 0 N–H and O–H groups in total. The summed E-state index contributed by atoms with van der Waals surface area (Å²) in [6.07, 6.45) is -3.71. The maximum absolute atomic E-state index is 12.8. The molecule has 0 saturated carbocycles. The van der Waals surface area contributed by atoms with Crippen LogP contribution in [0.15, 0.2) is 23.1 Å². The van der Waals surface area contributed by atoms with Gasteiger partial charge in [0.1, 0.15) is 5.88 Å². The zero-order valence-electron chi connectivity index (χ0n) is 10.7. The fourth-order valence-corrected chi connectivity index (χ4v) is 3.28. The molecule has 0 radical (unpaired) electrons. The van der Waals surface area contributed by atoms with Crippen LogP contribution in [0.3, 0.4) is 0 Å². The molecule has 0 saturated heterocycles. The number of rotatable bonds is 1. The van der Waals surface area contributed by atoms with E-state index in [0.717, 1.165) is 12.1 Å². The van der Waals surface area contributed by atoms with Gasteiger partial charge < -0.3 is 4.90 Å². The molecule has 2 nitrogen and oxygen atoms in total. The maximum atomic E-state index is 12.8. The zero-order valence-corrected chi connectivity index (χ0v) is 12.3. The van der Waals surface area contributed by atoms with Crippen molar-refractivity contribution in [1.29, 1.82) is 0 Å². The lowest BCUT2D eigenvalue weighted by Gasteiger charge is -2.22. The van der Waals surface area contributed by atoms with Crippen LogP contribution in [0.4, 0.5) is 18.9 Å². The fraction of sp³-hybridized carbons (Fsp3) is 0.462. The standard InChI is InChI=1S/C13H13ClF3NOS/c1-8-4-5-18(12(19)7-14)10-6-9(13(15,16)17)2-3-11(10)20-8/h2-3,6,8H,4-5,7H2,1H3. The van der Waals surface area contributed by atoms with Crippen LogP contribution in [0, 0.1) is 0 Å². The predicted octanol–water partition coefficient (Wildman–Crippen LogP) is 4.16. The summed E-state index contributed by atoms with van der Waals surface area (Å²) in [5.74, 6) is -0.615. The highest BCUT2D eigenvalue weighted by atomic mass is 35.5. The Morgan fingerprint density at radius 3 is 2.80 bits per heavy atom. The lowest BCUT2D eigenvalue weighted by molar-refractivity contribution is -0.137. The van der Waals surface area contributed by atoms with E-state index < -0.39 is 11.7 Å². The Labute approximate surface area is 124 Å². The van der Waals surface area contributed by atoms with Crippen LogP contribution in [0.2, 0.25) is 0 Å². The van der Waals surface area contributed by atoms with Crippen molar-refractivity contribution in [2.75, 3.05) is 17.3 Å². The van der Waals surface area contributed by atoms with Crippen LogP contribution in [-0.2, 0) is 11.0 Å². The second kappa shape index (κ2) is 5.85. The Morgan fingerprint density at radius 1 is 1.50 bits per heavy atom. The van der Waals surface area contributed by atoms with Crippen LogP contribution in [0.5, 0.6) is 0 Å². The molecule has 1 unspecified atom stereocenters. The monoisotopic (exact) mass is 323 g/mol. The average molecular weight is 324 g/mol. The number of hydrogen-bond donors (Lipinski definition) is 0. The molecule has 0 bridgehead atoms. The van der Waals surface area contributed by atoms with Crippen LogP contribution < -0.4 is 4.90 Å². The summed E-state index contributed by atoms with van der Waals surface area (Å²) in [5, 5.41) is 0.235. The average Bonchev–Trinajstić information content (AvgIpc) is 2.54. The minimum absolute atomic E-state index is 0.235. The van der Waals surface area contributed by atoms with E-state index in [9.17, 15) is 18.0 Å². The molecule has 1 aromatic rings. The van der Waals surface area contributed by atoms with E-state index in [0.29, 0.717) is 23.5 Å². The minimum Gasteiger partial charge on any atom is -0.310 e. The molecule has 1 amide bonds. The first-order chi connectivity index (χ1) is 9.32. The van der Waals surface area contributed by atoms with E-state index in [-0.39, 0.29) is 17.0 Å². The summed E-state index contributed by atoms with van der Waals surface area (Å²) < 4.78 is 38.4. The summed E-state index contributed by atoms with van der Waals surface area (Å²) in [5.41, 5.74) is -0.446. The molecule has 1 heterocycles. The number of benzene rings is 1. The second-order valence-electron chi connectivity index (χ2n) is 4.58.